The highest BCUT2D eigenvalue weighted by Crippen LogP contribution is 2.60. The number of anilines is 2. The van der Waals surface area contributed by atoms with Crippen molar-refractivity contribution in [2.45, 2.75) is 69.6 Å². The quantitative estimate of drug-likeness (QED) is 0.136. The zero-order chi connectivity index (χ0) is 41.0. The normalized spacial score (nSPS) is 22.8. The fraction of sp³-hybridized carbons (Fsp3) is 0.413. The van der Waals surface area contributed by atoms with Crippen LogP contribution in [0.25, 0.3) is 0 Å². The number of nitrogens with zero attached hydrogens (tertiary/aromatic N) is 2. The van der Waals surface area contributed by atoms with E-state index in [0.29, 0.717) is 24.5 Å². The molecule has 0 saturated carbocycles. The van der Waals surface area contributed by atoms with Gasteiger partial charge in [-0.25, -0.2) is 0 Å². The third-order valence-electron chi connectivity index (χ3n) is 12.6. The van der Waals surface area contributed by atoms with Gasteiger partial charge in [-0.1, -0.05) is 79.8 Å². The van der Waals surface area contributed by atoms with Crippen LogP contribution in [0.3, 0.4) is 0 Å². The average molecular weight is 805 g/mol. The predicted molar refractivity (Wildman–Crippen MR) is 228 cm³/mol. The lowest BCUT2D eigenvalue weighted by Crippen LogP contribution is -2.52. The first-order valence-electron chi connectivity index (χ1n) is 20.4. The molecule has 2 fully saturated rings. The fourth-order valence-corrected chi connectivity index (χ4v) is 13.5. The minimum Gasteiger partial charge on any atom is -0.497 e. The number of aliphatic hydroxyl groups excluding tert-OH is 1. The van der Waals surface area contributed by atoms with Crippen molar-refractivity contribution in [3.8, 4) is 11.5 Å². The highest BCUT2D eigenvalue weighted by atomic mass is 28.3. The Balaban J connectivity index is 1.23. The molecule has 7 rings (SSSR count). The number of piperidine rings is 1. The summed E-state index contributed by atoms with van der Waals surface area (Å²) >= 11 is 0. The molecule has 2 saturated heterocycles. The number of carbonyl (C=O) groups excluding carboxylic acids is 3. The van der Waals surface area contributed by atoms with Crippen molar-refractivity contribution >= 4 is 42.4 Å². The van der Waals surface area contributed by atoms with Crippen LogP contribution in [-0.4, -0.2) is 82.4 Å². The number of aliphatic hydroxyl groups is 1. The van der Waals surface area contributed by atoms with Crippen LogP contribution in [0.4, 0.5) is 11.4 Å². The van der Waals surface area contributed by atoms with E-state index in [-0.39, 0.29) is 61.2 Å². The van der Waals surface area contributed by atoms with Gasteiger partial charge in [0, 0.05) is 36.8 Å². The molecule has 0 aromatic heterocycles. The molecule has 4 aromatic carbocycles. The number of nitrogens with one attached hydrogen (secondary N) is 2. The monoisotopic (exact) mass is 804 g/mol. The highest BCUT2D eigenvalue weighted by molar-refractivity contribution is 6.91. The fourth-order valence-electron chi connectivity index (χ4n) is 9.49. The lowest BCUT2D eigenvalue weighted by atomic mass is 9.82. The molecule has 3 heterocycles. The Bertz CT molecular complexity index is 2070. The summed E-state index contributed by atoms with van der Waals surface area (Å²) in [5.74, 6) is 0.665. The van der Waals surface area contributed by atoms with Gasteiger partial charge in [-0.15, -0.1) is 0 Å². The number of rotatable bonds is 14. The summed E-state index contributed by atoms with van der Waals surface area (Å²) in [4.78, 5) is 46.2. The van der Waals surface area contributed by atoms with Gasteiger partial charge in [0.05, 0.1) is 59.6 Å². The minimum absolute atomic E-state index is 0.00936. The van der Waals surface area contributed by atoms with Crippen molar-refractivity contribution in [1.82, 2.24) is 10.2 Å². The second-order valence-electron chi connectivity index (χ2n) is 16.4. The number of ether oxygens (including phenoxy) is 3. The van der Waals surface area contributed by atoms with Crippen molar-refractivity contribution in [3.05, 3.63) is 114 Å². The van der Waals surface area contributed by atoms with Gasteiger partial charge in [0.1, 0.15) is 11.5 Å². The van der Waals surface area contributed by atoms with Gasteiger partial charge in [0.2, 0.25) is 11.8 Å². The van der Waals surface area contributed by atoms with Crippen LogP contribution in [0.2, 0.25) is 18.6 Å². The standard InChI is InChI=1S/C46H56N4O7Si/c1-31-43(58(4,5)38-20-17-36(55-2)18-21-38)41(27-42(52)49(24-25-51)29-32-10-7-6-8-11-32)57-46(31)39-26-37(56-3)19-22-40(39)50(45(46)54)30-33-13-15-35(16-14-33)48-44(53)34-12-9-23-47-28-34/h6-8,10-11,13-22,26,31,34,41,43,47,51H,9,12,23-25,27-30H2,1-5H3,(H,48,53)/t31-,34?,41+,43-,46+/m0/s1. The first-order valence-corrected chi connectivity index (χ1v) is 23.4. The summed E-state index contributed by atoms with van der Waals surface area (Å²) in [6.45, 7) is 8.94. The van der Waals surface area contributed by atoms with Gasteiger partial charge in [0.25, 0.3) is 5.91 Å². The van der Waals surface area contributed by atoms with Crippen molar-refractivity contribution in [3.63, 3.8) is 0 Å². The first-order chi connectivity index (χ1) is 28.0. The molecule has 11 nitrogen and oxygen atoms in total. The van der Waals surface area contributed by atoms with E-state index in [4.69, 9.17) is 14.2 Å². The lowest BCUT2D eigenvalue weighted by molar-refractivity contribution is -0.150. The zero-order valence-electron chi connectivity index (χ0n) is 34.2. The third kappa shape index (κ3) is 8.03. The third-order valence-corrected chi connectivity index (χ3v) is 16.9. The molecule has 3 N–H and O–H groups in total. The molecule has 3 aliphatic rings. The summed E-state index contributed by atoms with van der Waals surface area (Å²) in [5.41, 5.74) is 2.48. The molecule has 3 aliphatic heterocycles. The Hall–Kier alpha value is -5.01. The molecular formula is C46H56N4O7Si. The summed E-state index contributed by atoms with van der Waals surface area (Å²) in [6.07, 6.45) is 1.29. The average Bonchev–Trinajstić information content (AvgIpc) is 3.67. The van der Waals surface area contributed by atoms with E-state index in [1.807, 2.05) is 84.9 Å². The van der Waals surface area contributed by atoms with Crippen molar-refractivity contribution in [1.29, 1.82) is 0 Å². The lowest BCUT2D eigenvalue weighted by Gasteiger charge is -2.37. The Morgan fingerprint density at radius 3 is 2.33 bits per heavy atom. The van der Waals surface area contributed by atoms with Crippen LogP contribution in [0.15, 0.2) is 97.1 Å². The van der Waals surface area contributed by atoms with Gasteiger partial charge < -0.3 is 39.8 Å². The van der Waals surface area contributed by atoms with Crippen molar-refractivity contribution < 1.29 is 33.7 Å². The van der Waals surface area contributed by atoms with E-state index in [1.165, 1.54) is 5.19 Å². The van der Waals surface area contributed by atoms with E-state index in [9.17, 15) is 14.7 Å². The molecule has 58 heavy (non-hydrogen) atoms. The molecule has 3 amide bonds. The summed E-state index contributed by atoms with van der Waals surface area (Å²) in [7, 11) is 0.720. The van der Waals surface area contributed by atoms with Crippen LogP contribution in [0.1, 0.15) is 42.9 Å². The van der Waals surface area contributed by atoms with Crippen LogP contribution in [-0.2, 0) is 37.8 Å². The van der Waals surface area contributed by atoms with Gasteiger partial charge in [-0.2, -0.15) is 0 Å². The van der Waals surface area contributed by atoms with E-state index in [0.717, 1.165) is 47.5 Å². The Kier molecular flexibility index (Phi) is 12.4. The number of benzene rings is 4. The SMILES string of the molecule is COc1ccc([Si](C)(C)[C@@H]2[C@@H](CC(=O)N(CCO)Cc3ccccc3)O[C@]3(C(=O)N(Cc4ccc(NC(=O)C5CCCNC5)cc4)c4ccc(OC)cc43)[C@H]2C)cc1. The van der Waals surface area contributed by atoms with E-state index >= 15 is 4.79 Å². The van der Waals surface area contributed by atoms with E-state index in [2.05, 4.69) is 42.8 Å². The molecule has 0 aliphatic carbocycles. The number of hydrogen-bond donors (Lipinski definition) is 3. The number of fused-ring (bicyclic) bond motifs is 2. The maximum Gasteiger partial charge on any atom is 0.264 e. The number of carbonyl (C=O) groups is 3. The largest absolute Gasteiger partial charge is 0.497 e. The predicted octanol–water partition coefficient (Wildman–Crippen LogP) is 5.82. The van der Waals surface area contributed by atoms with Crippen LogP contribution in [0.5, 0.6) is 11.5 Å². The number of amides is 3. The van der Waals surface area contributed by atoms with Crippen LogP contribution < -0.4 is 30.2 Å². The van der Waals surface area contributed by atoms with Gasteiger partial charge in [-0.05, 0) is 78.5 Å². The molecule has 12 heteroatoms. The Morgan fingerprint density at radius 2 is 1.67 bits per heavy atom. The molecule has 0 bridgehead atoms. The number of hydrogen-bond acceptors (Lipinski definition) is 8. The molecule has 1 spiro atoms. The second-order valence-corrected chi connectivity index (χ2v) is 21.1. The summed E-state index contributed by atoms with van der Waals surface area (Å²) in [6, 6.07) is 31.3. The maximum atomic E-state index is 15.4. The van der Waals surface area contributed by atoms with Gasteiger partial charge >= 0.3 is 0 Å². The van der Waals surface area contributed by atoms with Crippen molar-refractivity contribution in [2.75, 3.05) is 50.7 Å². The zero-order valence-corrected chi connectivity index (χ0v) is 35.2. The molecule has 5 atom stereocenters. The molecule has 4 aromatic rings. The minimum atomic E-state index is -2.54. The highest BCUT2D eigenvalue weighted by Gasteiger charge is 2.66. The van der Waals surface area contributed by atoms with Gasteiger partial charge in [0.15, 0.2) is 5.60 Å². The maximum absolute atomic E-state index is 15.4. The van der Waals surface area contributed by atoms with E-state index < -0.39 is 19.8 Å². The molecular weight excluding hydrogens is 749 g/mol. The van der Waals surface area contributed by atoms with Crippen LogP contribution in [0, 0.1) is 11.8 Å². The summed E-state index contributed by atoms with van der Waals surface area (Å²) < 4.78 is 18.5. The number of methoxy groups -OCH3 is 2. The van der Waals surface area contributed by atoms with Crippen molar-refractivity contribution in [2.24, 2.45) is 11.8 Å². The van der Waals surface area contributed by atoms with E-state index in [1.54, 1.807) is 24.0 Å². The molecule has 0 radical (unpaired) electrons. The topological polar surface area (TPSA) is 130 Å². The molecule has 1 unspecified atom stereocenters. The first kappa shape index (κ1) is 41.2. The second kappa shape index (κ2) is 17.5. The Labute approximate surface area is 342 Å². The molecule has 306 valence electrons. The van der Waals surface area contributed by atoms with Crippen LogP contribution >= 0.6 is 0 Å². The Morgan fingerprint density at radius 1 is 0.966 bits per heavy atom. The summed E-state index contributed by atoms with van der Waals surface area (Å²) in [5, 5.41) is 17.6. The smallest absolute Gasteiger partial charge is 0.264 e. The van der Waals surface area contributed by atoms with Gasteiger partial charge in [-0.3, -0.25) is 14.4 Å².